The van der Waals surface area contributed by atoms with Crippen molar-refractivity contribution in [1.29, 1.82) is 0 Å². The third kappa shape index (κ3) is 2.48. The van der Waals surface area contributed by atoms with Crippen LogP contribution in [0, 0.1) is 15.9 Å². The third-order valence-electron chi connectivity index (χ3n) is 2.08. The first-order valence-electron chi connectivity index (χ1n) is 4.78. The average Bonchev–Trinajstić information content (AvgIpc) is 2.65. The smallest absolute Gasteiger partial charge is 0.350 e. The van der Waals surface area contributed by atoms with Crippen molar-refractivity contribution in [3.63, 3.8) is 0 Å². The minimum absolute atomic E-state index is 0.137. The molecule has 0 aliphatic carbocycles. The lowest BCUT2D eigenvalue weighted by Crippen LogP contribution is -1.92. The van der Waals surface area contributed by atoms with E-state index in [1.165, 1.54) is 30.1 Å². The molecule has 6 nitrogen and oxygen atoms in total. The van der Waals surface area contributed by atoms with Gasteiger partial charge in [-0.1, -0.05) is 0 Å². The summed E-state index contributed by atoms with van der Waals surface area (Å²) in [7, 11) is 1.53. The highest BCUT2D eigenvalue weighted by Crippen LogP contribution is 2.30. The predicted molar refractivity (Wildman–Crippen MR) is 64.0 cm³/mol. The summed E-state index contributed by atoms with van der Waals surface area (Å²) >= 11 is 3.00. The second kappa shape index (κ2) is 4.73. The fourth-order valence-electron chi connectivity index (χ4n) is 1.31. The Morgan fingerprint density at radius 1 is 1.56 bits per heavy atom. The van der Waals surface area contributed by atoms with E-state index in [2.05, 4.69) is 21.0 Å². The lowest BCUT2D eigenvalue weighted by Gasteiger charge is -2.02. The van der Waals surface area contributed by atoms with Crippen molar-refractivity contribution in [2.24, 2.45) is 7.05 Å². The van der Waals surface area contributed by atoms with Gasteiger partial charge in [-0.2, -0.15) is 0 Å². The first-order chi connectivity index (χ1) is 8.47. The maximum absolute atomic E-state index is 13.3. The Morgan fingerprint density at radius 2 is 2.28 bits per heavy atom. The third-order valence-corrected chi connectivity index (χ3v) is 2.72. The summed E-state index contributed by atoms with van der Waals surface area (Å²) < 4.78 is 20.0. The first kappa shape index (κ1) is 12.5. The SMILES string of the molecule is Cn1cc([N+](=O)[O-])c(Oc2ccc(Br)c(F)c2)n1. The molecule has 0 aliphatic heterocycles. The molecule has 0 saturated carbocycles. The van der Waals surface area contributed by atoms with Gasteiger partial charge in [-0.25, -0.2) is 4.39 Å². The molecule has 1 aromatic carbocycles. The molecule has 2 aromatic rings. The van der Waals surface area contributed by atoms with Crippen LogP contribution in [-0.4, -0.2) is 14.7 Å². The highest BCUT2D eigenvalue weighted by atomic mass is 79.9. The van der Waals surface area contributed by atoms with E-state index in [0.717, 1.165) is 6.07 Å². The zero-order valence-corrected chi connectivity index (χ0v) is 10.7. The minimum Gasteiger partial charge on any atom is -0.433 e. The molecule has 0 N–H and O–H groups in total. The van der Waals surface area contributed by atoms with Crippen LogP contribution in [0.25, 0.3) is 0 Å². The van der Waals surface area contributed by atoms with Gasteiger partial charge in [-0.3, -0.25) is 14.8 Å². The second-order valence-corrected chi connectivity index (χ2v) is 4.28. The Kier molecular flexibility index (Phi) is 3.28. The molecule has 18 heavy (non-hydrogen) atoms. The molecule has 2 rings (SSSR count). The van der Waals surface area contributed by atoms with Crippen molar-refractivity contribution in [2.45, 2.75) is 0 Å². The van der Waals surface area contributed by atoms with Gasteiger partial charge in [-0.15, -0.1) is 5.10 Å². The lowest BCUT2D eigenvalue weighted by molar-refractivity contribution is -0.385. The lowest BCUT2D eigenvalue weighted by atomic mass is 10.3. The van der Waals surface area contributed by atoms with Crippen molar-refractivity contribution >= 4 is 21.6 Å². The van der Waals surface area contributed by atoms with E-state index in [1.807, 2.05) is 0 Å². The molecule has 0 unspecified atom stereocenters. The quantitative estimate of drug-likeness (QED) is 0.644. The van der Waals surface area contributed by atoms with E-state index in [1.54, 1.807) is 0 Å². The van der Waals surface area contributed by atoms with Gasteiger partial charge in [0, 0.05) is 13.1 Å². The summed E-state index contributed by atoms with van der Waals surface area (Å²) in [5.74, 6) is -0.562. The van der Waals surface area contributed by atoms with Crippen LogP contribution < -0.4 is 4.74 Å². The largest absolute Gasteiger partial charge is 0.433 e. The molecule has 0 bridgehead atoms. The number of benzene rings is 1. The molecule has 0 amide bonds. The van der Waals surface area contributed by atoms with E-state index in [9.17, 15) is 14.5 Å². The molecule has 0 spiro atoms. The van der Waals surface area contributed by atoms with Crippen LogP contribution in [0.4, 0.5) is 10.1 Å². The summed E-state index contributed by atoms with van der Waals surface area (Å²) in [4.78, 5) is 10.1. The Balaban J connectivity index is 2.33. The van der Waals surface area contributed by atoms with E-state index < -0.39 is 10.7 Å². The van der Waals surface area contributed by atoms with Crippen molar-refractivity contribution in [2.75, 3.05) is 0 Å². The van der Waals surface area contributed by atoms with Crippen molar-refractivity contribution < 1.29 is 14.1 Å². The molecule has 8 heteroatoms. The van der Waals surface area contributed by atoms with Gasteiger partial charge in [0.25, 0.3) is 0 Å². The summed E-state index contributed by atoms with van der Waals surface area (Å²) in [5.41, 5.74) is -0.277. The normalized spacial score (nSPS) is 10.4. The van der Waals surface area contributed by atoms with Gasteiger partial charge in [0.05, 0.1) is 9.40 Å². The number of halogens is 2. The van der Waals surface area contributed by atoms with Gasteiger partial charge in [0.2, 0.25) is 0 Å². The fourth-order valence-corrected chi connectivity index (χ4v) is 1.55. The van der Waals surface area contributed by atoms with Gasteiger partial charge in [-0.05, 0) is 28.1 Å². The Hall–Kier alpha value is -1.96. The Morgan fingerprint density at radius 3 is 2.89 bits per heavy atom. The number of nitro groups is 1. The van der Waals surface area contributed by atoms with E-state index in [4.69, 9.17) is 4.74 Å². The molecule has 0 atom stereocenters. The summed E-state index contributed by atoms with van der Waals surface area (Å²) in [6.45, 7) is 0. The maximum Gasteiger partial charge on any atom is 0.350 e. The number of aryl methyl sites for hydroxylation is 1. The topological polar surface area (TPSA) is 70.2 Å². The van der Waals surface area contributed by atoms with Crippen LogP contribution in [-0.2, 0) is 7.05 Å². The van der Waals surface area contributed by atoms with Crippen LogP contribution in [0.5, 0.6) is 11.6 Å². The van der Waals surface area contributed by atoms with E-state index >= 15 is 0 Å². The number of rotatable bonds is 3. The monoisotopic (exact) mass is 315 g/mol. The Labute approximate surface area is 109 Å². The molecular formula is C10H7BrFN3O3. The number of nitrogens with zero attached hydrogens (tertiary/aromatic N) is 3. The highest BCUT2D eigenvalue weighted by Gasteiger charge is 2.20. The number of hydrogen-bond acceptors (Lipinski definition) is 4. The van der Waals surface area contributed by atoms with Gasteiger partial charge in [0.15, 0.2) is 0 Å². The molecule has 0 fully saturated rings. The summed E-state index contributed by atoms with van der Waals surface area (Å²) in [6, 6.07) is 4.04. The van der Waals surface area contributed by atoms with Crippen LogP contribution in [0.15, 0.2) is 28.9 Å². The zero-order valence-electron chi connectivity index (χ0n) is 9.13. The van der Waals surface area contributed by atoms with Crippen molar-refractivity contribution in [3.05, 3.63) is 44.8 Å². The minimum atomic E-state index is -0.614. The molecule has 1 heterocycles. The molecule has 0 saturated heterocycles. The van der Waals surface area contributed by atoms with Crippen LogP contribution in [0.2, 0.25) is 0 Å². The second-order valence-electron chi connectivity index (χ2n) is 3.43. The van der Waals surface area contributed by atoms with Crippen LogP contribution >= 0.6 is 15.9 Å². The molecule has 0 aliphatic rings. The van der Waals surface area contributed by atoms with Crippen molar-refractivity contribution in [1.82, 2.24) is 9.78 Å². The molecule has 0 radical (unpaired) electrons. The maximum atomic E-state index is 13.3. The zero-order chi connectivity index (χ0) is 13.3. The predicted octanol–water partition coefficient (Wildman–Crippen LogP) is 3.02. The summed E-state index contributed by atoms with van der Waals surface area (Å²) in [5, 5.41) is 14.5. The number of aromatic nitrogens is 2. The standard InChI is InChI=1S/C10H7BrFN3O3/c1-14-5-9(15(16)17)10(13-14)18-6-2-3-7(11)8(12)4-6/h2-5H,1H3. The molecule has 1 aromatic heterocycles. The number of ether oxygens (including phenoxy) is 1. The first-order valence-corrected chi connectivity index (χ1v) is 5.57. The van der Waals surface area contributed by atoms with E-state index in [0.29, 0.717) is 0 Å². The summed E-state index contributed by atoms with van der Waals surface area (Å²) in [6.07, 6.45) is 1.21. The van der Waals surface area contributed by atoms with Crippen LogP contribution in [0.1, 0.15) is 0 Å². The molecular weight excluding hydrogens is 309 g/mol. The van der Waals surface area contributed by atoms with Gasteiger partial charge < -0.3 is 4.74 Å². The Bertz CT molecular complexity index is 614. The average molecular weight is 316 g/mol. The van der Waals surface area contributed by atoms with E-state index in [-0.39, 0.29) is 21.8 Å². The fraction of sp³-hybridized carbons (Fsp3) is 0.100. The van der Waals surface area contributed by atoms with Crippen molar-refractivity contribution in [3.8, 4) is 11.6 Å². The van der Waals surface area contributed by atoms with Gasteiger partial charge in [0.1, 0.15) is 17.8 Å². The highest BCUT2D eigenvalue weighted by molar-refractivity contribution is 9.10. The van der Waals surface area contributed by atoms with Crippen LogP contribution in [0.3, 0.4) is 0 Å². The number of hydrogen-bond donors (Lipinski definition) is 0. The van der Waals surface area contributed by atoms with Gasteiger partial charge >= 0.3 is 11.6 Å². The molecule has 94 valence electrons.